The highest BCUT2D eigenvalue weighted by Gasteiger charge is 2.23. The van der Waals surface area contributed by atoms with E-state index >= 15 is 4.39 Å². The van der Waals surface area contributed by atoms with Crippen molar-refractivity contribution < 1.29 is 23.0 Å². The zero-order chi connectivity index (χ0) is 29.2. The molecule has 0 fully saturated rings. The molecule has 3 aromatic carbocycles. The molecule has 2 atom stereocenters. The summed E-state index contributed by atoms with van der Waals surface area (Å²) < 4.78 is 50.0. The van der Waals surface area contributed by atoms with Crippen molar-refractivity contribution in [2.24, 2.45) is 5.92 Å². The number of aliphatic hydroxyl groups is 1. The lowest BCUT2D eigenvalue weighted by Gasteiger charge is -2.26. The summed E-state index contributed by atoms with van der Waals surface area (Å²) in [7, 11) is 0. The van der Waals surface area contributed by atoms with Gasteiger partial charge in [-0.05, 0) is 84.9 Å². The molecule has 41 heavy (non-hydrogen) atoms. The van der Waals surface area contributed by atoms with Crippen LogP contribution in [0.1, 0.15) is 76.7 Å². The Morgan fingerprint density at radius 2 is 1.61 bits per heavy atom. The van der Waals surface area contributed by atoms with Crippen LogP contribution in [0.4, 0.5) is 13.2 Å². The molecule has 5 heteroatoms. The standard InChI is InChI=1S/C36H41F3O2/c1-3-5-7-8-10-33(40)28-17-11-25(12-18-28)29-19-20-30(32(37)24-29)26-13-15-27(16-14-26)31-21-22-34(36(39)35(31)38)41-23-9-6-4-2/h4,11,13-16,19-22,24,28,33,40H,2-3,5-10,12,17-18,23H2,1H3. The molecule has 1 N–H and O–H groups in total. The average molecular weight is 563 g/mol. The van der Waals surface area contributed by atoms with E-state index in [9.17, 15) is 13.9 Å². The first-order valence-electron chi connectivity index (χ1n) is 14.9. The van der Waals surface area contributed by atoms with Gasteiger partial charge in [0.05, 0.1) is 12.7 Å². The number of aliphatic hydroxyl groups excluding tert-OH is 1. The fourth-order valence-electron chi connectivity index (χ4n) is 5.54. The zero-order valence-corrected chi connectivity index (χ0v) is 24.0. The van der Waals surface area contributed by atoms with Crippen LogP contribution >= 0.6 is 0 Å². The Hall–Kier alpha value is -3.31. The number of unbranched alkanes of at least 4 members (excludes halogenated alkanes) is 4. The fraction of sp³-hybridized carbons (Fsp3) is 0.389. The van der Waals surface area contributed by atoms with Crippen molar-refractivity contribution in [1.82, 2.24) is 0 Å². The van der Waals surface area contributed by atoms with E-state index in [1.807, 2.05) is 6.07 Å². The number of ether oxygens (including phenoxy) is 1. The molecule has 2 unspecified atom stereocenters. The maximum absolute atomic E-state index is 15.2. The van der Waals surface area contributed by atoms with E-state index in [1.165, 1.54) is 31.4 Å². The van der Waals surface area contributed by atoms with Gasteiger partial charge < -0.3 is 9.84 Å². The normalized spacial score (nSPS) is 15.8. The summed E-state index contributed by atoms with van der Waals surface area (Å²) in [6.45, 7) is 6.10. The molecule has 0 amide bonds. The summed E-state index contributed by atoms with van der Waals surface area (Å²) in [4.78, 5) is 0. The van der Waals surface area contributed by atoms with E-state index < -0.39 is 11.6 Å². The molecule has 0 aliphatic heterocycles. The van der Waals surface area contributed by atoms with Crippen LogP contribution in [0.5, 0.6) is 5.75 Å². The van der Waals surface area contributed by atoms with Crippen molar-refractivity contribution in [2.45, 2.75) is 77.2 Å². The monoisotopic (exact) mass is 562 g/mol. The van der Waals surface area contributed by atoms with E-state index in [0.717, 1.165) is 49.7 Å². The van der Waals surface area contributed by atoms with Gasteiger partial charge in [0.25, 0.3) is 0 Å². The van der Waals surface area contributed by atoms with Gasteiger partial charge in [-0.25, -0.2) is 8.78 Å². The van der Waals surface area contributed by atoms with Crippen LogP contribution in [-0.4, -0.2) is 17.8 Å². The van der Waals surface area contributed by atoms with Gasteiger partial charge in [-0.3, -0.25) is 0 Å². The van der Waals surface area contributed by atoms with Gasteiger partial charge in [0.2, 0.25) is 5.82 Å². The largest absolute Gasteiger partial charge is 0.490 e. The quantitative estimate of drug-likeness (QED) is 0.156. The molecular formula is C36H41F3O2. The summed E-state index contributed by atoms with van der Waals surface area (Å²) >= 11 is 0. The first kappa shape index (κ1) is 30.6. The van der Waals surface area contributed by atoms with Gasteiger partial charge in [0, 0.05) is 11.1 Å². The SMILES string of the molecule is C=CCCCOc1ccc(-c2ccc(-c3ccc(C4=CCC(C(O)CCCCCC)CC4)cc3F)cc2)c(F)c1F. The molecule has 0 heterocycles. The van der Waals surface area contributed by atoms with E-state index in [-0.39, 0.29) is 35.8 Å². The van der Waals surface area contributed by atoms with Crippen molar-refractivity contribution in [3.05, 3.63) is 96.3 Å². The second-order valence-corrected chi connectivity index (χ2v) is 11.0. The van der Waals surface area contributed by atoms with Gasteiger partial charge in [0.1, 0.15) is 5.82 Å². The van der Waals surface area contributed by atoms with Crippen molar-refractivity contribution >= 4 is 5.57 Å². The topological polar surface area (TPSA) is 29.5 Å². The lowest BCUT2D eigenvalue weighted by atomic mass is 9.82. The minimum atomic E-state index is -1.02. The number of rotatable bonds is 14. The Morgan fingerprint density at radius 1 is 0.902 bits per heavy atom. The van der Waals surface area contributed by atoms with Crippen LogP contribution in [0, 0.1) is 23.4 Å². The minimum absolute atomic E-state index is 0.115. The second kappa shape index (κ2) is 15.1. The van der Waals surface area contributed by atoms with Gasteiger partial charge >= 0.3 is 0 Å². The third-order valence-corrected chi connectivity index (χ3v) is 8.05. The lowest BCUT2D eigenvalue weighted by molar-refractivity contribution is 0.0914. The highest BCUT2D eigenvalue weighted by molar-refractivity contribution is 5.74. The molecule has 0 spiro atoms. The predicted octanol–water partition coefficient (Wildman–Crippen LogP) is 10.3. The Labute approximate surface area is 242 Å². The smallest absolute Gasteiger partial charge is 0.201 e. The van der Waals surface area contributed by atoms with Crippen LogP contribution in [0.25, 0.3) is 27.8 Å². The summed E-state index contributed by atoms with van der Waals surface area (Å²) in [6.07, 6.45) is 13.1. The summed E-state index contributed by atoms with van der Waals surface area (Å²) in [6, 6.07) is 15.0. The minimum Gasteiger partial charge on any atom is -0.490 e. The summed E-state index contributed by atoms with van der Waals surface area (Å²) in [5.74, 6) is -2.16. The summed E-state index contributed by atoms with van der Waals surface area (Å²) in [5.41, 5.74) is 3.71. The number of allylic oxidation sites excluding steroid dienone is 3. The molecule has 218 valence electrons. The highest BCUT2D eigenvalue weighted by atomic mass is 19.2. The van der Waals surface area contributed by atoms with Gasteiger partial charge in [-0.1, -0.05) is 81.2 Å². The van der Waals surface area contributed by atoms with Crippen molar-refractivity contribution in [2.75, 3.05) is 6.61 Å². The van der Waals surface area contributed by atoms with Crippen LogP contribution in [-0.2, 0) is 0 Å². The zero-order valence-electron chi connectivity index (χ0n) is 24.0. The van der Waals surface area contributed by atoms with E-state index in [1.54, 1.807) is 42.5 Å². The van der Waals surface area contributed by atoms with Crippen molar-refractivity contribution in [1.29, 1.82) is 0 Å². The molecule has 0 bridgehead atoms. The van der Waals surface area contributed by atoms with Gasteiger partial charge in [-0.15, -0.1) is 6.58 Å². The number of hydrogen-bond acceptors (Lipinski definition) is 2. The first-order chi connectivity index (χ1) is 19.9. The van der Waals surface area contributed by atoms with Gasteiger partial charge in [0.15, 0.2) is 11.6 Å². The molecule has 1 aliphatic rings. The molecule has 0 saturated carbocycles. The molecule has 0 saturated heterocycles. The first-order valence-corrected chi connectivity index (χ1v) is 14.9. The summed E-state index contributed by atoms with van der Waals surface area (Å²) in [5, 5.41) is 10.6. The van der Waals surface area contributed by atoms with E-state index in [0.29, 0.717) is 23.1 Å². The lowest BCUT2D eigenvalue weighted by Crippen LogP contribution is -2.22. The average Bonchev–Trinajstić information content (AvgIpc) is 3.00. The molecule has 3 aromatic rings. The molecule has 0 aromatic heterocycles. The Morgan fingerprint density at radius 3 is 2.27 bits per heavy atom. The van der Waals surface area contributed by atoms with Crippen LogP contribution in [0.3, 0.4) is 0 Å². The fourth-order valence-corrected chi connectivity index (χ4v) is 5.54. The third kappa shape index (κ3) is 7.91. The maximum atomic E-state index is 15.2. The number of hydrogen-bond donors (Lipinski definition) is 1. The second-order valence-electron chi connectivity index (χ2n) is 11.0. The van der Waals surface area contributed by atoms with Crippen molar-refractivity contribution in [3.8, 4) is 28.0 Å². The highest BCUT2D eigenvalue weighted by Crippen LogP contribution is 2.36. The molecule has 1 aliphatic carbocycles. The van der Waals surface area contributed by atoms with Crippen LogP contribution < -0.4 is 4.74 Å². The Balaban J connectivity index is 1.41. The van der Waals surface area contributed by atoms with E-state index in [4.69, 9.17) is 4.74 Å². The van der Waals surface area contributed by atoms with Gasteiger partial charge in [-0.2, -0.15) is 4.39 Å². The molecule has 2 nitrogen and oxygen atoms in total. The predicted molar refractivity (Wildman–Crippen MR) is 162 cm³/mol. The molecule has 4 rings (SSSR count). The number of halogens is 3. The Bertz CT molecular complexity index is 1330. The number of benzene rings is 3. The Kier molecular flexibility index (Phi) is 11.3. The third-order valence-electron chi connectivity index (χ3n) is 8.05. The molecular weight excluding hydrogens is 521 g/mol. The van der Waals surface area contributed by atoms with Crippen LogP contribution in [0.15, 0.2) is 73.3 Å². The van der Waals surface area contributed by atoms with Crippen molar-refractivity contribution in [3.63, 3.8) is 0 Å². The van der Waals surface area contributed by atoms with E-state index in [2.05, 4.69) is 19.6 Å². The molecule has 0 radical (unpaired) electrons. The van der Waals surface area contributed by atoms with Crippen LogP contribution in [0.2, 0.25) is 0 Å². The maximum Gasteiger partial charge on any atom is 0.201 e.